The molecule has 1 N–H and O–H groups in total. The van der Waals surface area contributed by atoms with Crippen LogP contribution in [0.15, 0.2) is 53.4 Å². The first-order chi connectivity index (χ1) is 15.8. The van der Waals surface area contributed by atoms with Crippen molar-refractivity contribution in [2.75, 3.05) is 30.8 Å². The molecule has 7 nitrogen and oxygen atoms in total. The number of nitrogens with one attached hydrogen (secondary N) is 1. The van der Waals surface area contributed by atoms with Crippen molar-refractivity contribution in [1.29, 1.82) is 0 Å². The van der Waals surface area contributed by atoms with Crippen LogP contribution in [0.2, 0.25) is 0 Å². The van der Waals surface area contributed by atoms with Crippen LogP contribution in [0.25, 0.3) is 0 Å². The topological polar surface area (TPSA) is 92.8 Å². The van der Waals surface area contributed by atoms with Crippen LogP contribution in [0.3, 0.4) is 0 Å². The number of hydrogen-bond acceptors (Lipinski definition) is 5. The first-order valence-electron chi connectivity index (χ1n) is 11.5. The van der Waals surface area contributed by atoms with Crippen LogP contribution in [-0.2, 0) is 25.8 Å². The Morgan fingerprint density at radius 2 is 1.73 bits per heavy atom. The van der Waals surface area contributed by atoms with Crippen LogP contribution >= 0.6 is 0 Å². The van der Waals surface area contributed by atoms with Crippen molar-refractivity contribution >= 4 is 27.3 Å². The van der Waals surface area contributed by atoms with Gasteiger partial charge < -0.3 is 15.0 Å². The van der Waals surface area contributed by atoms with Crippen molar-refractivity contribution in [3.8, 4) is 0 Å². The normalized spacial score (nSPS) is 19.3. The van der Waals surface area contributed by atoms with Gasteiger partial charge in [-0.15, -0.1) is 0 Å². The maximum absolute atomic E-state index is 12.9. The van der Waals surface area contributed by atoms with Gasteiger partial charge in [-0.2, -0.15) is 0 Å². The van der Waals surface area contributed by atoms with Gasteiger partial charge in [0, 0.05) is 17.8 Å². The number of hydrogen-bond donors (Lipinski definition) is 1. The summed E-state index contributed by atoms with van der Waals surface area (Å²) in [6.07, 6.45) is 4.09. The SMILES string of the molecule is O=C(Cc1ccc(S(=O)(=O)CC2CC2)cc1)Nc1ccc(C(=O)N2CCOCC23CC3)cc1. The van der Waals surface area contributed by atoms with Gasteiger partial charge in [0.1, 0.15) is 0 Å². The minimum absolute atomic E-state index is 0.00500. The van der Waals surface area contributed by atoms with Gasteiger partial charge in [0.2, 0.25) is 5.91 Å². The molecule has 1 saturated heterocycles. The third-order valence-electron chi connectivity index (χ3n) is 6.69. The number of carbonyl (C=O) groups is 2. The van der Waals surface area contributed by atoms with Crippen LogP contribution < -0.4 is 5.32 Å². The lowest BCUT2D eigenvalue weighted by Gasteiger charge is -2.36. The Bertz CT molecular complexity index is 1150. The highest BCUT2D eigenvalue weighted by atomic mass is 32.2. The smallest absolute Gasteiger partial charge is 0.254 e. The number of amides is 2. The molecule has 0 unspecified atom stereocenters. The molecule has 0 bridgehead atoms. The second-order valence-electron chi connectivity index (χ2n) is 9.40. The van der Waals surface area contributed by atoms with E-state index in [2.05, 4.69) is 5.32 Å². The van der Waals surface area contributed by atoms with Crippen LogP contribution in [0.4, 0.5) is 5.69 Å². The molecular weight excluding hydrogens is 440 g/mol. The van der Waals surface area contributed by atoms with E-state index in [9.17, 15) is 18.0 Å². The van der Waals surface area contributed by atoms with Crippen molar-refractivity contribution in [2.24, 2.45) is 5.92 Å². The van der Waals surface area contributed by atoms with Gasteiger partial charge in [0.05, 0.1) is 35.8 Å². The highest BCUT2D eigenvalue weighted by Crippen LogP contribution is 2.44. The zero-order chi connectivity index (χ0) is 23.1. The monoisotopic (exact) mass is 468 g/mol. The Kier molecular flexibility index (Phi) is 5.74. The van der Waals surface area contributed by atoms with Gasteiger partial charge in [-0.3, -0.25) is 9.59 Å². The predicted molar refractivity (Wildman–Crippen MR) is 124 cm³/mol. The minimum Gasteiger partial charge on any atom is -0.377 e. The molecule has 2 amide bonds. The van der Waals surface area contributed by atoms with E-state index in [1.54, 1.807) is 48.5 Å². The first-order valence-corrected chi connectivity index (χ1v) is 13.1. The molecule has 8 heteroatoms. The maximum atomic E-state index is 12.9. The highest BCUT2D eigenvalue weighted by Gasteiger charge is 2.52. The number of rotatable bonds is 7. The van der Waals surface area contributed by atoms with E-state index in [1.807, 2.05) is 4.90 Å². The second kappa shape index (κ2) is 8.57. The lowest BCUT2D eigenvalue weighted by atomic mass is 10.1. The average molecular weight is 469 g/mol. The molecule has 1 spiro atoms. The second-order valence-corrected chi connectivity index (χ2v) is 11.4. The van der Waals surface area contributed by atoms with E-state index in [4.69, 9.17) is 4.74 Å². The Balaban J connectivity index is 1.17. The van der Waals surface area contributed by atoms with Gasteiger partial charge in [-0.05, 0) is 73.6 Å². The fraction of sp³-hybridized carbons (Fsp3) is 0.440. The fourth-order valence-corrected chi connectivity index (χ4v) is 6.05. The Hall–Kier alpha value is -2.71. The Morgan fingerprint density at radius 3 is 2.36 bits per heavy atom. The van der Waals surface area contributed by atoms with Crippen molar-refractivity contribution in [3.63, 3.8) is 0 Å². The van der Waals surface area contributed by atoms with Crippen molar-refractivity contribution < 1.29 is 22.7 Å². The molecule has 2 aromatic rings. The largest absolute Gasteiger partial charge is 0.377 e. The number of anilines is 1. The molecule has 2 saturated carbocycles. The molecule has 3 aliphatic rings. The van der Waals surface area contributed by atoms with Crippen LogP contribution in [-0.4, -0.2) is 56.2 Å². The van der Waals surface area contributed by atoms with E-state index in [-0.39, 0.29) is 29.5 Å². The van der Waals surface area contributed by atoms with Gasteiger partial charge >= 0.3 is 0 Å². The number of sulfone groups is 1. The van der Waals surface area contributed by atoms with Crippen LogP contribution in [0.5, 0.6) is 0 Å². The van der Waals surface area contributed by atoms with Crippen LogP contribution in [0.1, 0.15) is 41.6 Å². The summed E-state index contributed by atoms with van der Waals surface area (Å²) in [7, 11) is -3.25. The molecule has 2 aliphatic carbocycles. The van der Waals surface area contributed by atoms with E-state index < -0.39 is 9.84 Å². The summed E-state index contributed by atoms with van der Waals surface area (Å²) in [6.45, 7) is 1.79. The number of carbonyl (C=O) groups excluding carboxylic acids is 2. The zero-order valence-corrected chi connectivity index (χ0v) is 19.3. The number of morpholine rings is 1. The molecule has 0 atom stereocenters. The molecule has 1 heterocycles. The lowest BCUT2D eigenvalue weighted by Crippen LogP contribution is -2.50. The third kappa shape index (κ3) is 4.96. The van der Waals surface area contributed by atoms with Crippen molar-refractivity contribution in [2.45, 2.75) is 42.5 Å². The summed E-state index contributed by atoms with van der Waals surface area (Å²) in [4.78, 5) is 27.6. The molecule has 33 heavy (non-hydrogen) atoms. The summed E-state index contributed by atoms with van der Waals surface area (Å²) in [5.41, 5.74) is 1.84. The molecule has 5 rings (SSSR count). The molecular formula is C25H28N2O5S. The van der Waals surface area contributed by atoms with E-state index in [0.717, 1.165) is 31.2 Å². The quantitative estimate of drug-likeness (QED) is 0.674. The summed E-state index contributed by atoms with van der Waals surface area (Å²) in [5, 5.41) is 2.84. The summed E-state index contributed by atoms with van der Waals surface area (Å²) >= 11 is 0. The summed E-state index contributed by atoms with van der Waals surface area (Å²) in [5.74, 6) is 0.307. The molecule has 3 fully saturated rings. The van der Waals surface area contributed by atoms with Crippen molar-refractivity contribution in [1.82, 2.24) is 4.90 Å². The van der Waals surface area contributed by atoms with E-state index in [1.165, 1.54) is 0 Å². The molecule has 174 valence electrons. The van der Waals surface area contributed by atoms with Gasteiger partial charge in [-0.25, -0.2) is 8.42 Å². The zero-order valence-electron chi connectivity index (χ0n) is 18.5. The predicted octanol–water partition coefficient (Wildman–Crippen LogP) is 3.06. The Morgan fingerprint density at radius 1 is 1.03 bits per heavy atom. The van der Waals surface area contributed by atoms with Crippen molar-refractivity contribution in [3.05, 3.63) is 59.7 Å². The highest BCUT2D eigenvalue weighted by molar-refractivity contribution is 7.91. The first kappa shape index (κ1) is 22.1. The number of benzene rings is 2. The van der Waals surface area contributed by atoms with Gasteiger partial charge in [0.15, 0.2) is 9.84 Å². The van der Waals surface area contributed by atoms with Gasteiger partial charge in [0.25, 0.3) is 5.91 Å². The van der Waals surface area contributed by atoms with Gasteiger partial charge in [-0.1, -0.05) is 12.1 Å². The fourth-order valence-electron chi connectivity index (χ4n) is 4.36. The molecule has 0 aromatic heterocycles. The average Bonchev–Trinajstić information content (AvgIpc) is 3.73. The van der Waals surface area contributed by atoms with Crippen LogP contribution in [0, 0.1) is 5.92 Å². The number of nitrogens with zero attached hydrogens (tertiary/aromatic N) is 1. The van der Waals surface area contributed by atoms with E-state index in [0.29, 0.717) is 41.8 Å². The third-order valence-corrected chi connectivity index (χ3v) is 8.59. The summed E-state index contributed by atoms with van der Waals surface area (Å²) < 4.78 is 30.3. The summed E-state index contributed by atoms with van der Waals surface area (Å²) in [6, 6.07) is 13.5. The molecule has 2 aromatic carbocycles. The maximum Gasteiger partial charge on any atom is 0.254 e. The molecule has 1 aliphatic heterocycles. The lowest BCUT2D eigenvalue weighted by molar-refractivity contribution is -0.115. The Labute approximate surface area is 194 Å². The minimum atomic E-state index is -3.25. The standard InChI is InChI=1S/C25H28N2O5S/c28-23(15-18-3-9-22(10-4-18)33(30,31)16-19-1-2-19)26-21-7-5-20(6-8-21)24(29)27-13-14-32-17-25(27)11-12-25/h3-10,19H,1-2,11-17H2,(H,26,28). The molecule has 0 radical (unpaired) electrons. The number of ether oxygens (including phenoxy) is 1. The van der Waals surface area contributed by atoms with E-state index >= 15 is 0 Å².